The molecule has 1 aromatic carbocycles. The van der Waals surface area contributed by atoms with Gasteiger partial charge in [0.1, 0.15) is 11.9 Å². The molecule has 1 heterocycles. The van der Waals surface area contributed by atoms with Crippen LogP contribution in [0.3, 0.4) is 0 Å². The van der Waals surface area contributed by atoms with Crippen LogP contribution in [0, 0.1) is 6.92 Å². The maximum Gasteiger partial charge on any atom is 0.253 e. The monoisotopic (exact) mass is 235 g/mol. The average Bonchev–Trinajstić information content (AvgIpc) is 2.85. The number of carbonyl (C=O) groups is 1. The molecule has 92 valence electrons. The molecule has 2 rings (SSSR count). The Morgan fingerprint density at radius 1 is 1.53 bits per heavy atom. The molecule has 0 saturated carbocycles. The van der Waals surface area contributed by atoms with Crippen molar-refractivity contribution in [3.8, 4) is 5.75 Å². The lowest BCUT2D eigenvalue weighted by Gasteiger charge is -2.13. The highest BCUT2D eigenvalue weighted by atomic mass is 16.5. The summed E-state index contributed by atoms with van der Waals surface area (Å²) in [7, 11) is 1.62. The van der Waals surface area contributed by atoms with Crippen molar-refractivity contribution in [1.29, 1.82) is 0 Å². The number of methoxy groups -OCH3 is 1. The fourth-order valence-corrected chi connectivity index (χ4v) is 1.90. The first-order valence-corrected chi connectivity index (χ1v) is 5.78. The SMILES string of the molecule is COc1ccc(NC(=O)[C@H]2CCCO2)c(C)c1. The van der Waals surface area contributed by atoms with Crippen LogP contribution in [0.1, 0.15) is 18.4 Å². The highest BCUT2D eigenvalue weighted by Gasteiger charge is 2.23. The van der Waals surface area contributed by atoms with Crippen molar-refractivity contribution in [2.45, 2.75) is 25.9 Å². The van der Waals surface area contributed by atoms with Gasteiger partial charge in [-0.05, 0) is 43.5 Å². The van der Waals surface area contributed by atoms with E-state index < -0.39 is 0 Å². The number of carbonyl (C=O) groups excluding carboxylic acids is 1. The van der Waals surface area contributed by atoms with Crippen LogP contribution >= 0.6 is 0 Å². The van der Waals surface area contributed by atoms with Gasteiger partial charge in [-0.1, -0.05) is 0 Å². The summed E-state index contributed by atoms with van der Waals surface area (Å²) in [5.41, 5.74) is 1.79. The molecule has 17 heavy (non-hydrogen) atoms. The molecule has 1 N–H and O–H groups in total. The molecule has 1 atom stereocenters. The number of aryl methyl sites for hydroxylation is 1. The Kier molecular flexibility index (Phi) is 3.64. The topological polar surface area (TPSA) is 47.6 Å². The third-order valence-corrected chi connectivity index (χ3v) is 2.91. The van der Waals surface area contributed by atoms with Crippen molar-refractivity contribution in [2.75, 3.05) is 19.0 Å². The maximum absolute atomic E-state index is 11.9. The number of rotatable bonds is 3. The average molecular weight is 235 g/mol. The highest BCUT2D eigenvalue weighted by molar-refractivity contribution is 5.95. The molecule has 4 heteroatoms. The molecule has 4 nitrogen and oxygen atoms in total. The molecule has 0 spiro atoms. The standard InChI is InChI=1S/C13H17NO3/c1-9-8-10(16-2)5-6-11(9)14-13(15)12-4-3-7-17-12/h5-6,8,12H,3-4,7H2,1-2H3,(H,14,15)/t12-/m1/s1. The van der Waals surface area contributed by atoms with E-state index in [1.54, 1.807) is 7.11 Å². The first-order chi connectivity index (χ1) is 8.20. The number of benzene rings is 1. The molecule has 0 unspecified atom stereocenters. The second kappa shape index (κ2) is 5.19. The van der Waals surface area contributed by atoms with Gasteiger partial charge in [-0.25, -0.2) is 0 Å². The van der Waals surface area contributed by atoms with Crippen LogP contribution in [0.4, 0.5) is 5.69 Å². The molecule has 1 amide bonds. The van der Waals surface area contributed by atoms with Crippen molar-refractivity contribution >= 4 is 11.6 Å². The molecule has 0 aromatic heterocycles. The minimum absolute atomic E-state index is 0.0595. The molecule has 1 saturated heterocycles. The second-order valence-corrected chi connectivity index (χ2v) is 4.17. The van der Waals surface area contributed by atoms with Gasteiger partial charge in [-0.15, -0.1) is 0 Å². The fourth-order valence-electron chi connectivity index (χ4n) is 1.90. The lowest BCUT2D eigenvalue weighted by Crippen LogP contribution is -2.27. The van der Waals surface area contributed by atoms with Crippen LogP contribution in [-0.4, -0.2) is 25.7 Å². The Hall–Kier alpha value is -1.55. The quantitative estimate of drug-likeness (QED) is 0.873. The Balaban J connectivity index is 2.05. The van der Waals surface area contributed by atoms with Gasteiger partial charge in [0.05, 0.1) is 7.11 Å². The van der Waals surface area contributed by atoms with E-state index >= 15 is 0 Å². The van der Waals surface area contributed by atoms with E-state index in [-0.39, 0.29) is 12.0 Å². The zero-order chi connectivity index (χ0) is 12.3. The first-order valence-electron chi connectivity index (χ1n) is 5.78. The number of anilines is 1. The minimum Gasteiger partial charge on any atom is -0.497 e. The highest BCUT2D eigenvalue weighted by Crippen LogP contribution is 2.22. The Morgan fingerprint density at radius 2 is 2.35 bits per heavy atom. The lowest BCUT2D eigenvalue weighted by atomic mass is 10.1. The van der Waals surface area contributed by atoms with E-state index in [1.165, 1.54) is 0 Å². The van der Waals surface area contributed by atoms with E-state index in [2.05, 4.69) is 5.32 Å². The van der Waals surface area contributed by atoms with Crippen LogP contribution < -0.4 is 10.1 Å². The van der Waals surface area contributed by atoms with E-state index in [4.69, 9.17) is 9.47 Å². The van der Waals surface area contributed by atoms with Crippen molar-refractivity contribution < 1.29 is 14.3 Å². The summed E-state index contributed by atoms with van der Waals surface area (Å²) in [6, 6.07) is 5.57. The fraction of sp³-hybridized carbons (Fsp3) is 0.462. The van der Waals surface area contributed by atoms with Crippen molar-refractivity contribution in [3.05, 3.63) is 23.8 Å². The maximum atomic E-state index is 11.9. The first kappa shape index (κ1) is 11.9. The Labute approximate surface area is 101 Å². The second-order valence-electron chi connectivity index (χ2n) is 4.17. The van der Waals surface area contributed by atoms with Crippen LogP contribution in [0.15, 0.2) is 18.2 Å². The van der Waals surface area contributed by atoms with Gasteiger partial charge in [0, 0.05) is 12.3 Å². The van der Waals surface area contributed by atoms with E-state index in [0.29, 0.717) is 6.61 Å². The van der Waals surface area contributed by atoms with Crippen molar-refractivity contribution in [2.24, 2.45) is 0 Å². The number of hydrogen-bond acceptors (Lipinski definition) is 3. The molecular weight excluding hydrogens is 218 g/mol. The summed E-state index contributed by atoms with van der Waals surface area (Å²) in [4.78, 5) is 11.9. The summed E-state index contributed by atoms with van der Waals surface area (Å²) < 4.78 is 10.5. The smallest absolute Gasteiger partial charge is 0.253 e. The summed E-state index contributed by atoms with van der Waals surface area (Å²) in [6.07, 6.45) is 1.47. The predicted molar refractivity (Wildman–Crippen MR) is 65.3 cm³/mol. The van der Waals surface area contributed by atoms with E-state index in [9.17, 15) is 4.79 Å². The zero-order valence-electron chi connectivity index (χ0n) is 10.2. The minimum atomic E-state index is -0.295. The number of ether oxygens (including phenoxy) is 2. The molecule has 0 bridgehead atoms. The zero-order valence-corrected chi connectivity index (χ0v) is 10.2. The van der Waals surface area contributed by atoms with Crippen molar-refractivity contribution in [3.63, 3.8) is 0 Å². The molecule has 1 aliphatic rings. The van der Waals surface area contributed by atoms with Gasteiger partial charge in [-0.3, -0.25) is 4.79 Å². The lowest BCUT2D eigenvalue weighted by molar-refractivity contribution is -0.124. The molecular formula is C13H17NO3. The van der Waals surface area contributed by atoms with Gasteiger partial charge < -0.3 is 14.8 Å². The predicted octanol–water partition coefficient (Wildman–Crippen LogP) is 2.12. The van der Waals surface area contributed by atoms with Crippen LogP contribution in [0.2, 0.25) is 0 Å². The number of amides is 1. The summed E-state index contributed by atoms with van der Waals surface area (Å²) in [6.45, 7) is 2.62. The van der Waals surface area contributed by atoms with Crippen LogP contribution in [0.25, 0.3) is 0 Å². The van der Waals surface area contributed by atoms with Crippen LogP contribution in [-0.2, 0) is 9.53 Å². The number of nitrogens with one attached hydrogen (secondary N) is 1. The molecule has 1 aromatic rings. The van der Waals surface area contributed by atoms with Crippen LogP contribution in [0.5, 0.6) is 5.75 Å². The summed E-state index contributed by atoms with van der Waals surface area (Å²) >= 11 is 0. The Morgan fingerprint density at radius 3 is 2.94 bits per heavy atom. The molecule has 0 aliphatic carbocycles. The van der Waals surface area contributed by atoms with Gasteiger partial charge in [0.2, 0.25) is 0 Å². The van der Waals surface area contributed by atoms with Gasteiger partial charge in [-0.2, -0.15) is 0 Å². The normalized spacial score (nSPS) is 19.1. The summed E-state index contributed by atoms with van der Waals surface area (Å²) in [5, 5.41) is 2.88. The van der Waals surface area contributed by atoms with Gasteiger partial charge in [0.15, 0.2) is 0 Å². The third-order valence-electron chi connectivity index (χ3n) is 2.91. The van der Waals surface area contributed by atoms with Gasteiger partial charge in [0.25, 0.3) is 5.91 Å². The van der Waals surface area contributed by atoms with E-state index in [0.717, 1.165) is 29.8 Å². The third kappa shape index (κ3) is 2.77. The van der Waals surface area contributed by atoms with Crippen molar-refractivity contribution in [1.82, 2.24) is 0 Å². The molecule has 1 aliphatic heterocycles. The molecule has 0 radical (unpaired) electrons. The number of hydrogen-bond donors (Lipinski definition) is 1. The van der Waals surface area contributed by atoms with Gasteiger partial charge >= 0.3 is 0 Å². The molecule has 1 fully saturated rings. The Bertz CT molecular complexity index is 411. The largest absolute Gasteiger partial charge is 0.497 e. The summed E-state index contributed by atoms with van der Waals surface area (Å²) in [5.74, 6) is 0.730. The van der Waals surface area contributed by atoms with E-state index in [1.807, 2.05) is 25.1 Å².